The van der Waals surface area contributed by atoms with Gasteiger partial charge >= 0.3 is 7.82 Å². The average Bonchev–Trinajstić information content (AvgIpc) is 2.86. The first-order valence-corrected chi connectivity index (χ1v) is 7.67. The van der Waals surface area contributed by atoms with Crippen molar-refractivity contribution >= 4 is 7.82 Å². The zero-order valence-electron chi connectivity index (χ0n) is 10.5. The first-order valence-electron chi connectivity index (χ1n) is 6.14. The molecule has 0 spiro atoms. The molecule has 2 aromatic rings. The van der Waals surface area contributed by atoms with Crippen LogP contribution in [0.1, 0.15) is 5.56 Å². The highest BCUT2D eigenvalue weighted by Gasteiger charge is 2.25. The first kappa shape index (κ1) is 13.2. The van der Waals surface area contributed by atoms with Crippen molar-refractivity contribution < 1.29 is 23.6 Å². The molecule has 1 aliphatic rings. The molecule has 2 aromatic carbocycles. The highest BCUT2D eigenvalue weighted by Crippen LogP contribution is 2.46. The summed E-state index contributed by atoms with van der Waals surface area (Å²) in [5.41, 5.74) is 2.45. The normalized spacial score (nSPS) is 13.7. The van der Waals surface area contributed by atoms with E-state index >= 15 is 0 Å². The van der Waals surface area contributed by atoms with Crippen molar-refractivity contribution in [3.05, 3.63) is 48.0 Å². The van der Waals surface area contributed by atoms with Gasteiger partial charge in [0.25, 0.3) is 0 Å². The number of hydrogen-bond acceptors (Lipinski definition) is 3. The third-order valence-corrected chi connectivity index (χ3v) is 3.56. The van der Waals surface area contributed by atoms with Gasteiger partial charge in [0.15, 0.2) is 0 Å². The summed E-state index contributed by atoms with van der Waals surface area (Å²) in [5, 5.41) is 0. The molecular formula is C14H13O5P. The number of phosphoric ester groups is 1. The third kappa shape index (κ3) is 2.56. The van der Waals surface area contributed by atoms with E-state index in [0.29, 0.717) is 18.6 Å². The smallest absolute Gasteiger partial charge is 0.493 e. The molecule has 3 rings (SSSR count). The van der Waals surface area contributed by atoms with E-state index in [1.54, 1.807) is 6.07 Å². The van der Waals surface area contributed by atoms with E-state index in [2.05, 4.69) is 0 Å². The van der Waals surface area contributed by atoms with Gasteiger partial charge in [0.1, 0.15) is 11.5 Å². The van der Waals surface area contributed by atoms with E-state index < -0.39 is 7.82 Å². The van der Waals surface area contributed by atoms with Gasteiger partial charge in [0.2, 0.25) is 0 Å². The van der Waals surface area contributed by atoms with Crippen LogP contribution in [0.4, 0.5) is 0 Å². The molecule has 2 N–H and O–H groups in total. The van der Waals surface area contributed by atoms with Gasteiger partial charge in [-0.25, -0.2) is 4.57 Å². The molecule has 6 heteroatoms. The Morgan fingerprint density at radius 3 is 2.55 bits per heavy atom. The van der Waals surface area contributed by atoms with Crippen LogP contribution in [-0.2, 0) is 11.0 Å². The highest BCUT2D eigenvalue weighted by molar-refractivity contribution is 7.46. The number of benzene rings is 2. The third-order valence-electron chi connectivity index (χ3n) is 3.12. The van der Waals surface area contributed by atoms with Crippen LogP contribution in [0.2, 0.25) is 0 Å². The van der Waals surface area contributed by atoms with Crippen LogP contribution in [0.15, 0.2) is 42.5 Å². The number of ether oxygens (including phenoxy) is 1. The number of rotatable bonds is 3. The molecule has 0 bridgehead atoms. The Hall–Kier alpha value is -1.81. The van der Waals surface area contributed by atoms with Crippen LogP contribution in [0.25, 0.3) is 11.1 Å². The Labute approximate surface area is 116 Å². The molecule has 104 valence electrons. The van der Waals surface area contributed by atoms with Gasteiger partial charge in [0.05, 0.1) is 6.61 Å². The van der Waals surface area contributed by atoms with E-state index in [1.165, 1.54) is 6.07 Å². The van der Waals surface area contributed by atoms with Crippen LogP contribution >= 0.6 is 7.82 Å². The monoisotopic (exact) mass is 292 g/mol. The van der Waals surface area contributed by atoms with Gasteiger partial charge < -0.3 is 9.26 Å². The van der Waals surface area contributed by atoms with Crippen LogP contribution in [-0.4, -0.2) is 16.4 Å². The van der Waals surface area contributed by atoms with Crippen molar-refractivity contribution in [2.24, 2.45) is 0 Å². The van der Waals surface area contributed by atoms with Crippen molar-refractivity contribution in [1.82, 2.24) is 0 Å². The molecule has 20 heavy (non-hydrogen) atoms. The molecule has 0 aromatic heterocycles. The van der Waals surface area contributed by atoms with E-state index in [1.807, 2.05) is 30.3 Å². The Morgan fingerprint density at radius 2 is 1.85 bits per heavy atom. The second-order valence-corrected chi connectivity index (χ2v) is 5.63. The summed E-state index contributed by atoms with van der Waals surface area (Å²) in [4.78, 5) is 18.1. The van der Waals surface area contributed by atoms with E-state index in [9.17, 15) is 4.57 Å². The molecule has 0 fully saturated rings. The Morgan fingerprint density at radius 1 is 1.10 bits per heavy atom. The van der Waals surface area contributed by atoms with Crippen molar-refractivity contribution in [3.8, 4) is 22.6 Å². The van der Waals surface area contributed by atoms with Gasteiger partial charge in [-0.1, -0.05) is 30.3 Å². The fraction of sp³-hybridized carbons (Fsp3) is 0.143. The van der Waals surface area contributed by atoms with Gasteiger partial charge in [-0.15, -0.1) is 0 Å². The maximum absolute atomic E-state index is 11.1. The first-order chi connectivity index (χ1) is 9.54. The molecule has 0 unspecified atom stereocenters. The van der Waals surface area contributed by atoms with E-state index in [0.717, 1.165) is 16.9 Å². The summed E-state index contributed by atoms with van der Waals surface area (Å²) in [6, 6.07) is 12.6. The molecule has 0 saturated heterocycles. The molecule has 0 aliphatic carbocycles. The minimum Gasteiger partial charge on any atom is -0.493 e. The fourth-order valence-electron chi connectivity index (χ4n) is 2.38. The van der Waals surface area contributed by atoms with Crippen molar-refractivity contribution in [3.63, 3.8) is 0 Å². The number of fused-ring (bicyclic) bond motifs is 1. The largest absolute Gasteiger partial charge is 0.524 e. The summed E-state index contributed by atoms with van der Waals surface area (Å²) < 4.78 is 21.4. The summed E-state index contributed by atoms with van der Waals surface area (Å²) in [6.07, 6.45) is 0.692. The summed E-state index contributed by atoms with van der Waals surface area (Å²) in [5.74, 6) is 0.913. The topological polar surface area (TPSA) is 76.0 Å². The SMILES string of the molecule is O=P(O)(O)Oc1ccc2c(c1-c1ccccc1)CCO2. The molecule has 1 heterocycles. The van der Waals surface area contributed by atoms with Gasteiger partial charge in [-0.2, -0.15) is 0 Å². The maximum Gasteiger partial charge on any atom is 0.524 e. The second kappa shape index (κ2) is 4.94. The summed E-state index contributed by atoms with van der Waals surface area (Å²) in [6.45, 7) is 0.564. The highest BCUT2D eigenvalue weighted by atomic mass is 31.2. The lowest BCUT2D eigenvalue weighted by Gasteiger charge is -2.15. The molecule has 0 atom stereocenters. The van der Waals surface area contributed by atoms with E-state index in [-0.39, 0.29) is 5.75 Å². The lowest BCUT2D eigenvalue weighted by Crippen LogP contribution is -1.95. The summed E-state index contributed by atoms with van der Waals surface area (Å²) in [7, 11) is -4.60. The number of hydrogen-bond donors (Lipinski definition) is 2. The van der Waals surface area contributed by atoms with Crippen LogP contribution in [0, 0.1) is 0 Å². The molecule has 5 nitrogen and oxygen atoms in total. The van der Waals surface area contributed by atoms with Crippen molar-refractivity contribution in [1.29, 1.82) is 0 Å². The predicted octanol–water partition coefficient (Wildman–Crippen LogP) is 2.76. The van der Waals surface area contributed by atoms with Crippen LogP contribution in [0.5, 0.6) is 11.5 Å². The minimum atomic E-state index is -4.60. The molecule has 0 amide bonds. The Bertz CT molecular complexity index is 677. The number of phosphoric acid groups is 1. The Kier molecular flexibility index (Phi) is 3.26. The molecule has 1 aliphatic heterocycles. The molecule has 0 saturated carbocycles. The predicted molar refractivity (Wildman–Crippen MR) is 73.7 cm³/mol. The fourth-order valence-corrected chi connectivity index (χ4v) is 2.79. The van der Waals surface area contributed by atoms with Gasteiger partial charge in [-0.05, 0) is 17.7 Å². The Balaban J connectivity index is 2.18. The molecule has 0 radical (unpaired) electrons. The second-order valence-electron chi connectivity index (χ2n) is 4.46. The lowest BCUT2D eigenvalue weighted by atomic mass is 9.97. The van der Waals surface area contributed by atoms with Crippen molar-refractivity contribution in [2.75, 3.05) is 6.61 Å². The van der Waals surface area contributed by atoms with Gasteiger partial charge in [-0.3, -0.25) is 9.79 Å². The zero-order chi connectivity index (χ0) is 14.2. The van der Waals surface area contributed by atoms with Gasteiger partial charge in [0, 0.05) is 17.5 Å². The average molecular weight is 292 g/mol. The summed E-state index contributed by atoms with van der Waals surface area (Å²) >= 11 is 0. The lowest BCUT2D eigenvalue weighted by molar-refractivity contribution is 0.283. The standard InChI is InChI=1S/C14H13O5P/c15-20(16,17)19-13-7-6-12-11(8-9-18-12)14(13)10-4-2-1-3-5-10/h1-7H,8-9H2,(H2,15,16,17). The van der Waals surface area contributed by atoms with Crippen LogP contribution < -0.4 is 9.26 Å². The zero-order valence-corrected chi connectivity index (χ0v) is 11.4. The van der Waals surface area contributed by atoms with Crippen molar-refractivity contribution in [2.45, 2.75) is 6.42 Å². The quantitative estimate of drug-likeness (QED) is 0.851. The van der Waals surface area contributed by atoms with E-state index in [4.69, 9.17) is 19.0 Å². The van der Waals surface area contributed by atoms with Crippen LogP contribution in [0.3, 0.4) is 0 Å². The molecular weight excluding hydrogens is 279 g/mol. The minimum absolute atomic E-state index is 0.175. The maximum atomic E-state index is 11.1.